The van der Waals surface area contributed by atoms with Crippen molar-refractivity contribution in [2.24, 2.45) is 0 Å². The lowest BCUT2D eigenvalue weighted by molar-refractivity contribution is -0.134. The van der Waals surface area contributed by atoms with E-state index in [2.05, 4.69) is 15.8 Å². The first-order chi connectivity index (χ1) is 15.2. The summed E-state index contributed by atoms with van der Waals surface area (Å²) >= 11 is 0. The molecule has 160 valence electrons. The lowest BCUT2D eigenvalue weighted by Crippen LogP contribution is -2.56. The monoisotopic (exact) mass is 420 g/mol. The molecule has 4 rings (SSSR count). The molecule has 1 atom stereocenters. The number of piperazine rings is 1. The van der Waals surface area contributed by atoms with Crippen molar-refractivity contribution in [1.82, 2.24) is 20.7 Å². The fourth-order valence-corrected chi connectivity index (χ4v) is 3.51. The van der Waals surface area contributed by atoms with Crippen LogP contribution in [-0.4, -0.2) is 41.0 Å². The molecule has 0 radical (unpaired) electrons. The molecule has 0 saturated carbocycles. The van der Waals surface area contributed by atoms with E-state index < -0.39 is 6.04 Å². The number of para-hydroxylation sites is 1. The number of hydrogen-bond acceptors (Lipinski definition) is 6. The number of aromatic nitrogens is 1. The van der Waals surface area contributed by atoms with E-state index >= 15 is 0 Å². The van der Waals surface area contributed by atoms with E-state index in [0.29, 0.717) is 25.3 Å². The molecule has 0 spiro atoms. The molecule has 1 saturated heterocycles. The summed E-state index contributed by atoms with van der Waals surface area (Å²) < 4.78 is 10.7. The van der Waals surface area contributed by atoms with Gasteiger partial charge in [-0.1, -0.05) is 35.5 Å². The van der Waals surface area contributed by atoms with Crippen LogP contribution in [0.1, 0.15) is 17.7 Å². The topological polar surface area (TPSA) is 96.7 Å². The molecule has 1 aromatic heterocycles. The number of hydrogen-bond donors (Lipinski definition) is 2. The largest absolute Gasteiger partial charge is 0.457 e. The standard InChI is InChI=1S/C23H24N4O4/c28-22(25-15-18-9-12-30-26-18)14-21-23(29)24-10-11-27(21)16-17-5-4-8-20(13-17)31-19-6-2-1-3-7-19/h1-9,12-13,21H,10-11,14-16H2,(H,24,29)(H,25,28). The first-order valence-corrected chi connectivity index (χ1v) is 10.2. The number of carbonyl (C=O) groups is 2. The molecule has 2 heterocycles. The van der Waals surface area contributed by atoms with E-state index in [0.717, 1.165) is 17.1 Å². The van der Waals surface area contributed by atoms with Crippen LogP contribution < -0.4 is 15.4 Å². The fourth-order valence-electron chi connectivity index (χ4n) is 3.51. The zero-order valence-corrected chi connectivity index (χ0v) is 17.0. The van der Waals surface area contributed by atoms with Gasteiger partial charge >= 0.3 is 0 Å². The third kappa shape index (κ3) is 5.70. The minimum atomic E-state index is -0.537. The SMILES string of the molecule is O=C(CC1C(=O)NCCN1Cc1cccc(Oc2ccccc2)c1)NCc1ccon1. The maximum atomic E-state index is 12.5. The molecule has 1 fully saturated rings. The molecule has 3 aromatic rings. The van der Waals surface area contributed by atoms with Gasteiger partial charge in [0.15, 0.2) is 0 Å². The fraction of sp³-hybridized carbons (Fsp3) is 0.261. The predicted molar refractivity (Wildman–Crippen MR) is 113 cm³/mol. The van der Waals surface area contributed by atoms with Gasteiger partial charge in [0.25, 0.3) is 0 Å². The molecule has 8 nitrogen and oxygen atoms in total. The summed E-state index contributed by atoms with van der Waals surface area (Å²) in [7, 11) is 0. The van der Waals surface area contributed by atoms with Crippen LogP contribution in [0.2, 0.25) is 0 Å². The zero-order valence-electron chi connectivity index (χ0n) is 17.0. The van der Waals surface area contributed by atoms with Crippen molar-refractivity contribution in [3.05, 3.63) is 78.2 Å². The first-order valence-electron chi connectivity index (χ1n) is 10.2. The number of nitrogens with one attached hydrogen (secondary N) is 2. The summed E-state index contributed by atoms with van der Waals surface area (Å²) in [4.78, 5) is 26.9. The molecule has 0 aliphatic carbocycles. The van der Waals surface area contributed by atoms with Crippen molar-refractivity contribution in [2.45, 2.75) is 25.6 Å². The predicted octanol–water partition coefficient (Wildman–Crippen LogP) is 2.47. The van der Waals surface area contributed by atoms with E-state index in [9.17, 15) is 9.59 Å². The third-order valence-electron chi connectivity index (χ3n) is 5.04. The second-order valence-electron chi connectivity index (χ2n) is 7.31. The van der Waals surface area contributed by atoms with Crippen LogP contribution in [0.25, 0.3) is 0 Å². The van der Waals surface area contributed by atoms with Gasteiger partial charge < -0.3 is 19.9 Å². The zero-order chi connectivity index (χ0) is 21.5. The summed E-state index contributed by atoms with van der Waals surface area (Å²) in [6, 6.07) is 18.5. The Morgan fingerprint density at radius 3 is 2.81 bits per heavy atom. The van der Waals surface area contributed by atoms with Gasteiger partial charge in [-0.3, -0.25) is 14.5 Å². The Kier molecular flexibility index (Phi) is 6.59. The Hall–Kier alpha value is -3.65. The van der Waals surface area contributed by atoms with Gasteiger partial charge in [0, 0.05) is 25.7 Å². The molecule has 1 aliphatic rings. The van der Waals surface area contributed by atoms with Gasteiger partial charge in [-0.05, 0) is 29.8 Å². The average Bonchev–Trinajstić information content (AvgIpc) is 3.30. The second-order valence-corrected chi connectivity index (χ2v) is 7.31. The van der Waals surface area contributed by atoms with Gasteiger partial charge in [0.2, 0.25) is 11.8 Å². The molecular formula is C23H24N4O4. The molecule has 0 bridgehead atoms. The molecule has 31 heavy (non-hydrogen) atoms. The molecule has 1 unspecified atom stereocenters. The Morgan fingerprint density at radius 2 is 2.00 bits per heavy atom. The highest BCUT2D eigenvalue weighted by Crippen LogP contribution is 2.23. The van der Waals surface area contributed by atoms with E-state index in [1.54, 1.807) is 6.07 Å². The van der Waals surface area contributed by atoms with Crippen LogP contribution in [0.3, 0.4) is 0 Å². The van der Waals surface area contributed by atoms with Gasteiger partial charge in [0.05, 0.1) is 19.0 Å². The van der Waals surface area contributed by atoms with Crippen molar-refractivity contribution < 1.29 is 18.8 Å². The molecule has 2 amide bonds. The van der Waals surface area contributed by atoms with Crippen LogP contribution in [0, 0.1) is 0 Å². The molecule has 2 aromatic carbocycles. The van der Waals surface area contributed by atoms with E-state index in [1.807, 2.05) is 59.5 Å². The molecule has 2 N–H and O–H groups in total. The number of amides is 2. The van der Waals surface area contributed by atoms with Crippen LogP contribution >= 0.6 is 0 Å². The Morgan fingerprint density at radius 1 is 1.16 bits per heavy atom. The smallest absolute Gasteiger partial charge is 0.237 e. The van der Waals surface area contributed by atoms with Crippen molar-refractivity contribution in [3.8, 4) is 11.5 Å². The van der Waals surface area contributed by atoms with Crippen LogP contribution in [0.4, 0.5) is 0 Å². The highest BCUT2D eigenvalue weighted by atomic mass is 16.5. The Bertz CT molecular complexity index is 1010. The number of carbonyl (C=O) groups excluding carboxylic acids is 2. The van der Waals surface area contributed by atoms with Gasteiger partial charge in [0.1, 0.15) is 23.5 Å². The first kappa shape index (κ1) is 20.6. The number of nitrogens with zero attached hydrogens (tertiary/aromatic N) is 2. The normalized spacial score (nSPS) is 16.5. The number of rotatable bonds is 8. The summed E-state index contributed by atoms with van der Waals surface area (Å²) in [5.41, 5.74) is 1.64. The Labute approximate surface area is 180 Å². The summed E-state index contributed by atoms with van der Waals surface area (Å²) in [6.45, 7) is 2.02. The third-order valence-corrected chi connectivity index (χ3v) is 5.04. The van der Waals surface area contributed by atoms with Crippen LogP contribution in [0.5, 0.6) is 11.5 Å². The quantitative estimate of drug-likeness (QED) is 0.581. The summed E-state index contributed by atoms with van der Waals surface area (Å²) in [5.74, 6) is 1.14. The van der Waals surface area contributed by atoms with E-state index in [-0.39, 0.29) is 24.8 Å². The van der Waals surface area contributed by atoms with E-state index in [4.69, 9.17) is 9.26 Å². The average molecular weight is 420 g/mol. The highest BCUT2D eigenvalue weighted by Gasteiger charge is 2.31. The molecular weight excluding hydrogens is 396 g/mol. The minimum absolute atomic E-state index is 0.0733. The van der Waals surface area contributed by atoms with Crippen LogP contribution in [0.15, 0.2) is 71.4 Å². The van der Waals surface area contributed by atoms with Gasteiger partial charge in [-0.2, -0.15) is 0 Å². The van der Waals surface area contributed by atoms with E-state index in [1.165, 1.54) is 6.26 Å². The van der Waals surface area contributed by atoms with Gasteiger partial charge in [-0.25, -0.2) is 0 Å². The lowest BCUT2D eigenvalue weighted by atomic mass is 10.1. The van der Waals surface area contributed by atoms with Crippen molar-refractivity contribution >= 4 is 11.8 Å². The number of benzene rings is 2. The van der Waals surface area contributed by atoms with Crippen molar-refractivity contribution in [2.75, 3.05) is 13.1 Å². The maximum Gasteiger partial charge on any atom is 0.237 e. The Balaban J connectivity index is 1.39. The minimum Gasteiger partial charge on any atom is -0.457 e. The van der Waals surface area contributed by atoms with Crippen molar-refractivity contribution in [1.29, 1.82) is 0 Å². The second kappa shape index (κ2) is 9.90. The van der Waals surface area contributed by atoms with Gasteiger partial charge in [-0.15, -0.1) is 0 Å². The van der Waals surface area contributed by atoms with Crippen molar-refractivity contribution in [3.63, 3.8) is 0 Å². The maximum absolute atomic E-state index is 12.5. The lowest BCUT2D eigenvalue weighted by Gasteiger charge is -2.34. The molecule has 8 heteroatoms. The van der Waals surface area contributed by atoms with Crippen LogP contribution in [-0.2, 0) is 22.7 Å². The highest BCUT2D eigenvalue weighted by molar-refractivity contribution is 5.88. The number of ether oxygens (including phenoxy) is 1. The molecule has 1 aliphatic heterocycles. The summed E-state index contributed by atoms with van der Waals surface area (Å²) in [5, 5.41) is 9.41. The summed E-state index contributed by atoms with van der Waals surface area (Å²) in [6.07, 6.45) is 1.53.